The first-order valence-corrected chi connectivity index (χ1v) is 11.4. The summed E-state index contributed by atoms with van der Waals surface area (Å²) in [6.07, 6.45) is 0.784. The first-order chi connectivity index (χ1) is 14.1. The van der Waals surface area contributed by atoms with E-state index in [1.54, 1.807) is 22.5 Å². The number of ether oxygens (including phenoxy) is 3. The zero-order valence-corrected chi connectivity index (χ0v) is 17.1. The third-order valence-corrected chi connectivity index (χ3v) is 7.00. The molecule has 2 aliphatic rings. The zero-order valence-electron chi connectivity index (χ0n) is 16.3. The Hall–Kier alpha value is -2.29. The molecule has 0 amide bonds. The largest absolute Gasteiger partial charge is 0.492 e. The average Bonchev–Trinajstić information content (AvgIpc) is 3.00. The molecule has 156 valence electrons. The molecule has 2 aromatic rings. The molecule has 4 rings (SSSR count). The maximum atomic E-state index is 13.1. The van der Waals surface area contributed by atoms with E-state index in [1.165, 1.54) is 0 Å². The Balaban J connectivity index is 1.32. The number of fused-ring (bicyclic) bond motifs is 1. The van der Waals surface area contributed by atoms with Gasteiger partial charge in [-0.2, -0.15) is 4.31 Å². The number of hydrogen-bond acceptors (Lipinski definition) is 6. The van der Waals surface area contributed by atoms with Crippen LogP contribution in [0.1, 0.15) is 6.42 Å². The van der Waals surface area contributed by atoms with Crippen molar-refractivity contribution in [1.82, 2.24) is 9.21 Å². The molecule has 0 unspecified atom stereocenters. The molecule has 2 aliphatic heterocycles. The first-order valence-electron chi connectivity index (χ1n) is 9.93. The van der Waals surface area contributed by atoms with Crippen LogP contribution < -0.4 is 14.2 Å². The normalized spacial score (nSPS) is 18.2. The van der Waals surface area contributed by atoms with Gasteiger partial charge in [-0.25, -0.2) is 8.42 Å². The van der Waals surface area contributed by atoms with Gasteiger partial charge in [0, 0.05) is 45.2 Å². The number of piperazine rings is 1. The molecule has 29 heavy (non-hydrogen) atoms. The number of para-hydroxylation sites is 1. The molecule has 7 nitrogen and oxygen atoms in total. The monoisotopic (exact) mass is 418 g/mol. The number of sulfonamides is 1. The predicted octanol–water partition coefficient (Wildman–Crippen LogP) is 2.23. The zero-order chi connectivity index (χ0) is 20.1. The summed E-state index contributed by atoms with van der Waals surface area (Å²) in [6, 6.07) is 14.6. The molecule has 0 saturated carbocycles. The van der Waals surface area contributed by atoms with Crippen molar-refractivity contribution in [3.63, 3.8) is 0 Å². The lowest BCUT2D eigenvalue weighted by Crippen LogP contribution is -2.49. The molecule has 1 saturated heterocycles. The second-order valence-electron chi connectivity index (χ2n) is 7.07. The van der Waals surface area contributed by atoms with Crippen LogP contribution in [0.4, 0.5) is 0 Å². The second kappa shape index (κ2) is 9.02. The summed E-state index contributed by atoms with van der Waals surface area (Å²) in [6.45, 7) is 4.75. The van der Waals surface area contributed by atoms with Gasteiger partial charge in [0.25, 0.3) is 0 Å². The Labute approximate surface area is 171 Å². The van der Waals surface area contributed by atoms with Crippen LogP contribution in [-0.2, 0) is 10.0 Å². The summed E-state index contributed by atoms with van der Waals surface area (Å²) in [4.78, 5) is 2.48. The number of benzene rings is 2. The number of rotatable bonds is 6. The van der Waals surface area contributed by atoms with Crippen molar-refractivity contribution in [2.45, 2.75) is 11.3 Å². The summed E-state index contributed by atoms with van der Waals surface area (Å²) in [5.41, 5.74) is 0. The fraction of sp³-hybridized carbons (Fsp3) is 0.429. The van der Waals surface area contributed by atoms with Gasteiger partial charge in [0.05, 0.1) is 18.1 Å². The summed E-state index contributed by atoms with van der Waals surface area (Å²) >= 11 is 0. The molecule has 0 spiro atoms. The number of nitrogens with zero attached hydrogens (tertiary/aromatic N) is 2. The van der Waals surface area contributed by atoms with Crippen molar-refractivity contribution in [2.24, 2.45) is 0 Å². The lowest BCUT2D eigenvalue weighted by Gasteiger charge is -2.33. The van der Waals surface area contributed by atoms with Gasteiger partial charge in [0.2, 0.25) is 10.0 Å². The van der Waals surface area contributed by atoms with Gasteiger partial charge in [-0.15, -0.1) is 0 Å². The van der Waals surface area contributed by atoms with Gasteiger partial charge < -0.3 is 14.2 Å². The van der Waals surface area contributed by atoms with Crippen LogP contribution in [-0.4, -0.2) is 70.2 Å². The van der Waals surface area contributed by atoms with E-state index in [0.29, 0.717) is 57.5 Å². The van der Waals surface area contributed by atoms with Crippen molar-refractivity contribution < 1.29 is 22.6 Å². The van der Waals surface area contributed by atoms with Crippen LogP contribution in [0.15, 0.2) is 53.4 Å². The Morgan fingerprint density at radius 1 is 0.897 bits per heavy atom. The lowest BCUT2D eigenvalue weighted by molar-refractivity contribution is 0.159. The van der Waals surface area contributed by atoms with E-state index in [1.807, 2.05) is 30.3 Å². The molecule has 0 aliphatic carbocycles. The van der Waals surface area contributed by atoms with E-state index in [9.17, 15) is 8.42 Å². The van der Waals surface area contributed by atoms with E-state index in [2.05, 4.69) is 4.90 Å². The molecule has 0 N–H and O–H groups in total. The minimum absolute atomic E-state index is 0.252. The van der Waals surface area contributed by atoms with Crippen LogP contribution >= 0.6 is 0 Å². The average molecular weight is 419 g/mol. The topological polar surface area (TPSA) is 68.3 Å². The van der Waals surface area contributed by atoms with Crippen molar-refractivity contribution >= 4 is 10.0 Å². The highest BCUT2D eigenvalue weighted by Crippen LogP contribution is 2.33. The quantitative estimate of drug-likeness (QED) is 0.717. The molecule has 2 aromatic carbocycles. The molecule has 1 fully saturated rings. The molecule has 8 heteroatoms. The van der Waals surface area contributed by atoms with Crippen LogP contribution in [0.5, 0.6) is 17.2 Å². The second-order valence-corrected chi connectivity index (χ2v) is 9.00. The van der Waals surface area contributed by atoms with Crippen LogP contribution in [0, 0.1) is 0 Å². The van der Waals surface area contributed by atoms with E-state index < -0.39 is 10.0 Å². The SMILES string of the molecule is O=S(=O)(c1ccc2c(c1)OCCCO2)N1CCN(CCOc2ccccc2)CC1. The van der Waals surface area contributed by atoms with Gasteiger partial charge in [0.15, 0.2) is 11.5 Å². The fourth-order valence-corrected chi connectivity index (χ4v) is 4.89. The highest BCUT2D eigenvalue weighted by atomic mass is 32.2. The lowest BCUT2D eigenvalue weighted by atomic mass is 10.3. The first kappa shape index (κ1) is 20.0. The van der Waals surface area contributed by atoms with Gasteiger partial charge in [-0.3, -0.25) is 4.90 Å². The Bertz CT molecular complexity index is 912. The summed E-state index contributed by atoms with van der Waals surface area (Å²) in [7, 11) is -3.55. The summed E-state index contributed by atoms with van der Waals surface area (Å²) < 4.78 is 44.6. The predicted molar refractivity (Wildman–Crippen MR) is 109 cm³/mol. The van der Waals surface area contributed by atoms with Crippen molar-refractivity contribution in [1.29, 1.82) is 0 Å². The van der Waals surface area contributed by atoms with E-state index in [-0.39, 0.29) is 4.90 Å². The highest BCUT2D eigenvalue weighted by molar-refractivity contribution is 7.89. The smallest absolute Gasteiger partial charge is 0.243 e. The van der Waals surface area contributed by atoms with Crippen LogP contribution in [0.3, 0.4) is 0 Å². The van der Waals surface area contributed by atoms with E-state index in [4.69, 9.17) is 14.2 Å². The maximum Gasteiger partial charge on any atom is 0.243 e. The van der Waals surface area contributed by atoms with Crippen molar-refractivity contribution in [3.8, 4) is 17.2 Å². The van der Waals surface area contributed by atoms with E-state index in [0.717, 1.165) is 18.7 Å². The third-order valence-electron chi connectivity index (χ3n) is 5.11. The van der Waals surface area contributed by atoms with Crippen LogP contribution in [0.25, 0.3) is 0 Å². The van der Waals surface area contributed by atoms with Crippen molar-refractivity contribution in [2.75, 3.05) is 52.5 Å². The van der Waals surface area contributed by atoms with Gasteiger partial charge >= 0.3 is 0 Å². The molecule has 0 radical (unpaired) electrons. The highest BCUT2D eigenvalue weighted by Gasteiger charge is 2.29. The molecule has 0 aromatic heterocycles. The minimum atomic E-state index is -3.55. The Kier molecular flexibility index (Phi) is 6.22. The van der Waals surface area contributed by atoms with Gasteiger partial charge in [-0.1, -0.05) is 18.2 Å². The molecular formula is C21H26N2O5S. The molecule has 0 atom stereocenters. The standard InChI is InChI=1S/C21H26N2O5S/c24-29(25,19-7-8-20-21(17-19)28-15-4-14-27-20)23-11-9-22(10-12-23)13-16-26-18-5-2-1-3-6-18/h1-3,5-8,17H,4,9-16H2. The Morgan fingerprint density at radius 3 is 2.38 bits per heavy atom. The summed E-state index contributed by atoms with van der Waals surface area (Å²) in [5.74, 6) is 1.95. The minimum Gasteiger partial charge on any atom is -0.492 e. The molecule has 0 bridgehead atoms. The fourth-order valence-electron chi connectivity index (χ4n) is 3.46. The van der Waals surface area contributed by atoms with Crippen LogP contribution in [0.2, 0.25) is 0 Å². The maximum absolute atomic E-state index is 13.1. The Morgan fingerprint density at radius 2 is 1.62 bits per heavy atom. The molecular weight excluding hydrogens is 392 g/mol. The van der Waals surface area contributed by atoms with Gasteiger partial charge in [0.1, 0.15) is 12.4 Å². The van der Waals surface area contributed by atoms with Crippen molar-refractivity contribution in [3.05, 3.63) is 48.5 Å². The number of hydrogen-bond donors (Lipinski definition) is 0. The molecule has 2 heterocycles. The third kappa shape index (κ3) is 4.83. The summed E-state index contributed by atoms with van der Waals surface area (Å²) in [5, 5.41) is 0. The van der Waals surface area contributed by atoms with E-state index >= 15 is 0 Å². The van der Waals surface area contributed by atoms with Gasteiger partial charge in [-0.05, 0) is 24.3 Å².